The molecule has 0 atom stereocenters. The minimum Gasteiger partial charge on any atom is -1.00 e. The molecule has 16 heteroatoms. The first-order chi connectivity index (χ1) is 34.2. The average molecular weight is 1140 g/mol. The van der Waals surface area contributed by atoms with Crippen LogP contribution in [0.2, 0.25) is 0 Å². The Hall–Kier alpha value is -3.08. The highest BCUT2D eigenvalue weighted by atomic mass is 35.5. The van der Waals surface area contributed by atoms with Crippen molar-refractivity contribution in [3.05, 3.63) is 115 Å². The summed E-state index contributed by atoms with van der Waals surface area (Å²) in [5.74, 6) is 3.57. The summed E-state index contributed by atoms with van der Waals surface area (Å²) < 4.78 is 30.5. The molecule has 0 saturated heterocycles. The Bertz CT molecular complexity index is 1960. The van der Waals surface area contributed by atoms with E-state index in [0.29, 0.717) is 122 Å². The molecule has 0 amide bonds. The molecule has 4 N–H and O–H groups in total. The molecule has 4 aromatic carbocycles. The number of benzene rings is 4. The maximum atomic E-state index is 10.2. The lowest BCUT2D eigenvalue weighted by molar-refractivity contribution is -0.903. The van der Waals surface area contributed by atoms with Crippen molar-refractivity contribution in [1.82, 2.24) is 0 Å². The lowest BCUT2D eigenvalue weighted by Crippen LogP contribution is -3.00. The van der Waals surface area contributed by atoms with E-state index in [1.165, 1.54) is 22.3 Å². The SMILES string of the molecule is CCCOc1c2cc(C[N+](C)(C)CCO)cc1Cc1cc(C[N+](C)(C)CCO)cc(c1OCCC)Cc1cc(C[N+](C)(C)CCO)cc(c1OCCC)Cc1cc(C[N+](C)(C)CCO)cc(c1OCCC)C2.[Cl-].[Cl-].[Cl-].[Cl-]. The van der Waals surface area contributed by atoms with Crippen LogP contribution in [0.5, 0.6) is 23.0 Å². The van der Waals surface area contributed by atoms with E-state index in [9.17, 15) is 20.4 Å². The van der Waals surface area contributed by atoms with Crippen LogP contribution in [-0.2, 0) is 51.9 Å². The topological polar surface area (TPSA) is 118 Å². The van der Waals surface area contributed by atoms with E-state index in [1.807, 2.05) is 0 Å². The van der Waals surface area contributed by atoms with Gasteiger partial charge in [0.15, 0.2) is 0 Å². The zero-order valence-corrected chi connectivity index (χ0v) is 51.3. The van der Waals surface area contributed by atoms with Gasteiger partial charge in [-0.2, -0.15) is 0 Å². The molecule has 0 radical (unpaired) electrons. The van der Waals surface area contributed by atoms with Crippen molar-refractivity contribution in [3.63, 3.8) is 0 Å². The highest BCUT2D eigenvalue weighted by Gasteiger charge is 2.29. The van der Waals surface area contributed by atoms with Crippen molar-refractivity contribution < 1.29 is 107 Å². The number of ether oxygens (including phenoxy) is 4. The van der Waals surface area contributed by atoms with Gasteiger partial charge in [0.25, 0.3) is 0 Å². The van der Waals surface area contributed by atoms with E-state index < -0.39 is 0 Å². The second-order valence-corrected chi connectivity index (χ2v) is 23.2. The van der Waals surface area contributed by atoms with Gasteiger partial charge in [-0.15, -0.1) is 0 Å². The molecular formula is C60H96Cl4N4O8. The van der Waals surface area contributed by atoms with E-state index in [1.54, 1.807) is 0 Å². The van der Waals surface area contributed by atoms with Crippen molar-refractivity contribution in [1.29, 1.82) is 0 Å². The molecule has 1 aliphatic carbocycles. The van der Waals surface area contributed by atoms with Crippen LogP contribution < -0.4 is 68.6 Å². The van der Waals surface area contributed by atoms with Crippen LogP contribution in [0.25, 0.3) is 0 Å². The molecular weight excluding hydrogens is 1050 g/mol. The Kier molecular flexibility index (Phi) is 30.7. The number of quaternary nitrogens is 4. The lowest BCUT2D eigenvalue weighted by atomic mass is 9.88. The van der Waals surface area contributed by atoms with E-state index in [2.05, 4.69) is 133 Å². The van der Waals surface area contributed by atoms with Crippen LogP contribution in [0.4, 0.5) is 0 Å². The van der Waals surface area contributed by atoms with Crippen LogP contribution in [0.1, 0.15) is 120 Å². The summed E-state index contributed by atoms with van der Waals surface area (Å²) in [7, 11) is 17.4. The number of likely N-dealkylation sites (N-methyl/N-ethyl adjacent to an activating group) is 4. The third-order valence-electron chi connectivity index (χ3n) is 13.8. The van der Waals surface area contributed by atoms with Crippen molar-refractivity contribution in [3.8, 4) is 23.0 Å². The van der Waals surface area contributed by atoms with Crippen molar-refractivity contribution in [2.24, 2.45) is 0 Å². The summed E-state index contributed by atoms with van der Waals surface area (Å²) >= 11 is 0. The largest absolute Gasteiger partial charge is 1.00 e. The quantitative estimate of drug-likeness (QED) is 0.0374. The monoisotopic (exact) mass is 1140 g/mol. The number of halogens is 4. The summed E-state index contributed by atoms with van der Waals surface area (Å²) in [6.07, 6.45) is 5.66. The summed E-state index contributed by atoms with van der Waals surface area (Å²) in [5, 5.41) is 40.8. The van der Waals surface area contributed by atoms with Crippen LogP contribution in [0.3, 0.4) is 0 Å². The zero-order valence-electron chi connectivity index (χ0n) is 48.3. The van der Waals surface area contributed by atoms with Gasteiger partial charge in [-0.1, -0.05) is 27.7 Å². The van der Waals surface area contributed by atoms with Gasteiger partial charge in [0.1, 0.15) is 75.4 Å². The van der Waals surface area contributed by atoms with Crippen molar-refractivity contribution >= 4 is 0 Å². The highest BCUT2D eigenvalue weighted by molar-refractivity contribution is 5.58. The molecule has 0 heterocycles. The molecule has 8 bridgehead atoms. The van der Waals surface area contributed by atoms with Gasteiger partial charge < -0.3 is 107 Å². The molecule has 0 saturated carbocycles. The van der Waals surface area contributed by atoms with Gasteiger partial charge in [0.05, 0.1) is 109 Å². The molecule has 432 valence electrons. The first kappa shape index (κ1) is 70.9. The third-order valence-corrected chi connectivity index (χ3v) is 13.8. The van der Waals surface area contributed by atoms with Crippen molar-refractivity contribution in [2.75, 3.05) is 135 Å². The van der Waals surface area contributed by atoms with E-state index in [-0.39, 0.29) is 76.1 Å². The van der Waals surface area contributed by atoms with Crippen molar-refractivity contribution in [2.45, 2.75) is 105 Å². The molecule has 4 aromatic rings. The Morgan fingerprint density at radius 3 is 0.605 bits per heavy atom. The maximum absolute atomic E-state index is 10.2. The summed E-state index contributed by atoms with van der Waals surface area (Å²) in [4.78, 5) is 0. The smallest absolute Gasteiger partial charge is 0.126 e. The predicted molar refractivity (Wildman–Crippen MR) is 291 cm³/mol. The first-order valence-electron chi connectivity index (χ1n) is 27.0. The maximum Gasteiger partial charge on any atom is 0.126 e. The fraction of sp³-hybridized carbons (Fsp3) is 0.600. The van der Waals surface area contributed by atoms with Gasteiger partial charge in [0.2, 0.25) is 0 Å². The molecule has 76 heavy (non-hydrogen) atoms. The molecule has 0 aliphatic heterocycles. The van der Waals surface area contributed by atoms with Gasteiger partial charge >= 0.3 is 0 Å². The molecule has 0 spiro atoms. The van der Waals surface area contributed by atoms with Crippen LogP contribution in [0, 0.1) is 0 Å². The minimum absolute atomic E-state index is 0. The molecule has 1 aliphatic rings. The van der Waals surface area contributed by atoms with Crippen LogP contribution in [0.15, 0.2) is 48.5 Å². The van der Waals surface area contributed by atoms with Gasteiger partial charge in [-0.05, 0) is 119 Å². The average Bonchev–Trinajstić information content (AvgIpc) is 3.27. The van der Waals surface area contributed by atoms with Crippen LogP contribution in [-0.4, -0.2) is 174 Å². The number of aliphatic hydroxyl groups is 4. The predicted octanol–water partition coefficient (Wildman–Crippen LogP) is -4.19. The first-order valence-corrected chi connectivity index (χ1v) is 27.0. The highest BCUT2D eigenvalue weighted by Crippen LogP contribution is 2.42. The van der Waals surface area contributed by atoms with Crippen LogP contribution >= 0.6 is 0 Å². The fourth-order valence-electron chi connectivity index (χ4n) is 10.5. The standard InChI is InChI=1S/C60H96N4O8.4ClH/c1-13-25-69-57-49-29-45(41-61(5,6)17-21-65)30-50(57)38-52-32-47(43-63(9,10)19-23-67)34-54(59(52)71-27-15-3)40-56-36-48(44-64(11,12)20-24-68)35-55(60(56)72-28-16-4)39-53-33-46(42-62(7,8)18-22-66)31-51(37-49)58(53)70-26-14-2;;;;/h29-36,65-68H,13-28,37-44H2,1-12H3;4*1H/q+4;;;;/p-4. The Labute approximate surface area is 483 Å². The number of rotatable bonds is 28. The molecule has 5 rings (SSSR count). The third kappa shape index (κ3) is 20.9. The summed E-state index contributed by atoms with van der Waals surface area (Å²) in [6.45, 7) is 16.6. The van der Waals surface area contributed by atoms with Gasteiger partial charge in [-0.25, -0.2) is 0 Å². The summed E-state index contributed by atoms with van der Waals surface area (Å²) in [5.41, 5.74) is 13.4. The number of fused-ring (bicyclic) bond motifs is 8. The Morgan fingerprint density at radius 1 is 0.316 bits per heavy atom. The van der Waals surface area contributed by atoms with E-state index in [4.69, 9.17) is 18.9 Å². The van der Waals surface area contributed by atoms with Gasteiger partial charge in [0, 0.05) is 47.9 Å². The van der Waals surface area contributed by atoms with E-state index in [0.717, 1.165) is 93.2 Å². The molecule has 12 nitrogen and oxygen atoms in total. The van der Waals surface area contributed by atoms with E-state index >= 15 is 0 Å². The Morgan fingerprint density at radius 2 is 0.474 bits per heavy atom. The number of nitrogens with zero attached hydrogens (tertiary/aromatic N) is 4. The normalized spacial score (nSPS) is 12.6. The number of aliphatic hydroxyl groups excluding tert-OH is 4. The zero-order chi connectivity index (χ0) is 52.7. The number of hydrogen-bond acceptors (Lipinski definition) is 8. The molecule has 0 aromatic heterocycles. The Balaban J connectivity index is 0.00000722. The number of hydrogen-bond donors (Lipinski definition) is 4. The lowest BCUT2D eigenvalue weighted by Gasteiger charge is -2.31. The summed E-state index contributed by atoms with van der Waals surface area (Å²) in [6, 6.07) is 18.7. The molecule has 0 unspecified atom stereocenters. The second-order valence-electron chi connectivity index (χ2n) is 23.2. The second kappa shape index (κ2) is 32.9. The van der Waals surface area contributed by atoms with Gasteiger partial charge in [-0.3, -0.25) is 0 Å². The fourth-order valence-corrected chi connectivity index (χ4v) is 10.5. The minimum atomic E-state index is 0. The molecule has 0 fully saturated rings.